The molecule has 0 amide bonds. The first-order valence-electron chi connectivity index (χ1n) is 6.61. The fourth-order valence-corrected chi connectivity index (χ4v) is 2.93. The van der Waals surface area contributed by atoms with E-state index in [-0.39, 0.29) is 0 Å². The molecule has 0 saturated heterocycles. The topological polar surface area (TPSA) is 61.7 Å². The van der Waals surface area contributed by atoms with Crippen molar-refractivity contribution in [2.24, 2.45) is 0 Å². The number of fused-ring (bicyclic) bond motifs is 1. The van der Waals surface area contributed by atoms with Crippen molar-refractivity contribution in [3.05, 3.63) is 57.4 Å². The summed E-state index contributed by atoms with van der Waals surface area (Å²) in [7, 11) is 1.64. The van der Waals surface area contributed by atoms with Crippen molar-refractivity contribution in [3.8, 4) is 11.8 Å². The second-order valence-electron chi connectivity index (χ2n) is 4.67. The first-order valence-corrected chi connectivity index (χ1v) is 7.69. The van der Waals surface area contributed by atoms with Crippen molar-refractivity contribution in [1.29, 1.82) is 5.26 Å². The van der Waals surface area contributed by atoms with Gasteiger partial charge in [-0.1, -0.05) is 18.2 Å². The molecule has 0 atom stereocenters. The van der Waals surface area contributed by atoms with Crippen molar-refractivity contribution in [1.82, 2.24) is 9.97 Å². The van der Waals surface area contributed by atoms with Crippen LogP contribution in [0.5, 0.6) is 5.75 Å². The van der Waals surface area contributed by atoms with Crippen LogP contribution in [0.4, 0.5) is 0 Å². The Bertz CT molecular complexity index is 873. The Morgan fingerprint density at radius 2 is 2.14 bits per heavy atom. The fraction of sp³-hybridized carbons (Fsp3) is 0.0588. The van der Waals surface area contributed by atoms with E-state index in [0.717, 1.165) is 25.9 Å². The highest BCUT2D eigenvalue weighted by atomic mass is 127. The predicted octanol–water partition coefficient (Wildman–Crippen LogP) is 4.24. The minimum absolute atomic E-state index is 0.497. The van der Waals surface area contributed by atoms with Gasteiger partial charge in [0, 0.05) is 0 Å². The van der Waals surface area contributed by atoms with Gasteiger partial charge in [-0.2, -0.15) is 5.26 Å². The summed E-state index contributed by atoms with van der Waals surface area (Å²) in [5.41, 5.74) is 3.20. The van der Waals surface area contributed by atoms with Crippen LogP contribution in [-0.4, -0.2) is 17.1 Å². The molecule has 108 valence electrons. The average Bonchev–Trinajstić information content (AvgIpc) is 2.96. The molecule has 0 spiro atoms. The van der Waals surface area contributed by atoms with Crippen LogP contribution in [0.3, 0.4) is 0 Å². The van der Waals surface area contributed by atoms with E-state index >= 15 is 0 Å². The largest absolute Gasteiger partial charge is 0.496 e. The number of hydrogen-bond donors (Lipinski definition) is 1. The Morgan fingerprint density at radius 3 is 2.82 bits per heavy atom. The van der Waals surface area contributed by atoms with Gasteiger partial charge < -0.3 is 9.72 Å². The van der Waals surface area contributed by atoms with E-state index < -0.39 is 0 Å². The van der Waals surface area contributed by atoms with Gasteiger partial charge in [0.05, 0.1) is 27.3 Å². The molecule has 0 saturated carbocycles. The maximum Gasteiger partial charge on any atom is 0.149 e. The number of hydrogen-bond acceptors (Lipinski definition) is 3. The number of nitrogens with one attached hydrogen (secondary N) is 1. The Morgan fingerprint density at radius 1 is 1.32 bits per heavy atom. The molecule has 0 bridgehead atoms. The van der Waals surface area contributed by atoms with E-state index in [2.05, 4.69) is 38.6 Å². The van der Waals surface area contributed by atoms with Gasteiger partial charge in [-0.05, 0) is 58.5 Å². The summed E-state index contributed by atoms with van der Waals surface area (Å²) in [5.74, 6) is 1.40. The number of para-hydroxylation sites is 2. The summed E-state index contributed by atoms with van der Waals surface area (Å²) in [4.78, 5) is 7.64. The summed E-state index contributed by atoms with van der Waals surface area (Å²) in [6, 6.07) is 15.7. The number of allylic oxidation sites excluding steroid dienone is 1. The molecule has 1 heterocycles. The highest BCUT2D eigenvalue weighted by Gasteiger charge is 2.08. The Labute approximate surface area is 141 Å². The molecule has 5 heteroatoms. The van der Waals surface area contributed by atoms with Crippen molar-refractivity contribution in [2.75, 3.05) is 7.11 Å². The minimum atomic E-state index is 0.497. The number of rotatable bonds is 3. The van der Waals surface area contributed by atoms with E-state index in [9.17, 15) is 5.26 Å². The van der Waals surface area contributed by atoms with Crippen molar-refractivity contribution in [2.45, 2.75) is 0 Å². The summed E-state index contributed by atoms with van der Waals surface area (Å²) in [5, 5.41) is 9.43. The van der Waals surface area contributed by atoms with Gasteiger partial charge in [0.2, 0.25) is 0 Å². The normalized spacial score (nSPS) is 11.4. The zero-order valence-electron chi connectivity index (χ0n) is 11.8. The highest BCUT2D eigenvalue weighted by Crippen LogP contribution is 2.24. The van der Waals surface area contributed by atoms with E-state index in [1.54, 1.807) is 7.11 Å². The molecular formula is C17H12IN3O. The molecule has 3 rings (SSSR count). The molecule has 0 unspecified atom stereocenters. The third-order valence-electron chi connectivity index (χ3n) is 3.25. The number of H-pyrrole nitrogens is 1. The van der Waals surface area contributed by atoms with Gasteiger partial charge in [0.25, 0.3) is 0 Å². The number of benzene rings is 2. The van der Waals surface area contributed by atoms with Crippen LogP contribution in [-0.2, 0) is 0 Å². The molecule has 4 nitrogen and oxygen atoms in total. The maximum atomic E-state index is 9.43. The molecule has 0 aliphatic heterocycles. The standard InChI is InChI=1S/C17H12IN3O/c1-22-16-7-6-11(9-13(16)18)8-12(10-19)17-20-14-4-2-3-5-15(14)21-17/h2-9H,1H3,(H,20,21)/b12-8-. The summed E-state index contributed by atoms with van der Waals surface area (Å²) >= 11 is 2.21. The lowest BCUT2D eigenvalue weighted by molar-refractivity contribution is 0.412. The zero-order chi connectivity index (χ0) is 15.5. The monoisotopic (exact) mass is 401 g/mol. The molecular weight excluding hydrogens is 389 g/mol. The van der Waals surface area contributed by atoms with Gasteiger partial charge in [0.1, 0.15) is 17.6 Å². The van der Waals surface area contributed by atoms with Crippen LogP contribution in [0.2, 0.25) is 0 Å². The van der Waals surface area contributed by atoms with Crippen LogP contribution in [0.1, 0.15) is 11.4 Å². The van der Waals surface area contributed by atoms with E-state index in [4.69, 9.17) is 4.74 Å². The highest BCUT2D eigenvalue weighted by molar-refractivity contribution is 14.1. The second kappa shape index (κ2) is 6.20. The van der Waals surface area contributed by atoms with E-state index in [1.165, 1.54) is 0 Å². The van der Waals surface area contributed by atoms with Crippen molar-refractivity contribution in [3.63, 3.8) is 0 Å². The van der Waals surface area contributed by atoms with Gasteiger partial charge in [-0.3, -0.25) is 0 Å². The molecule has 1 N–H and O–H groups in total. The van der Waals surface area contributed by atoms with Crippen LogP contribution in [0.25, 0.3) is 22.7 Å². The number of imidazole rings is 1. The van der Waals surface area contributed by atoms with Crippen LogP contribution < -0.4 is 4.74 Å². The number of halogens is 1. The van der Waals surface area contributed by atoms with E-state index in [1.807, 2.05) is 48.5 Å². The number of nitriles is 1. The van der Waals surface area contributed by atoms with Gasteiger partial charge >= 0.3 is 0 Å². The molecule has 0 radical (unpaired) electrons. The average molecular weight is 401 g/mol. The molecule has 0 aliphatic carbocycles. The molecule has 2 aromatic carbocycles. The third-order valence-corrected chi connectivity index (χ3v) is 4.09. The molecule has 1 aromatic heterocycles. The minimum Gasteiger partial charge on any atom is -0.496 e. The SMILES string of the molecule is COc1ccc(/C=C(/C#N)c2nc3ccccc3[nH]2)cc1I. The number of methoxy groups -OCH3 is 1. The van der Waals surface area contributed by atoms with E-state index in [0.29, 0.717) is 11.4 Å². The lowest BCUT2D eigenvalue weighted by atomic mass is 10.1. The lowest BCUT2D eigenvalue weighted by Gasteiger charge is -2.03. The maximum absolute atomic E-state index is 9.43. The number of aromatic nitrogens is 2. The van der Waals surface area contributed by atoms with Crippen molar-refractivity contribution >= 4 is 45.3 Å². The molecule has 22 heavy (non-hydrogen) atoms. The number of ether oxygens (including phenoxy) is 1. The summed E-state index contributed by atoms with van der Waals surface area (Å²) < 4.78 is 6.24. The third kappa shape index (κ3) is 2.83. The molecule has 0 fully saturated rings. The Kier molecular flexibility index (Phi) is 4.11. The van der Waals surface area contributed by atoms with Gasteiger partial charge in [-0.15, -0.1) is 0 Å². The second-order valence-corrected chi connectivity index (χ2v) is 5.83. The van der Waals surface area contributed by atoms with Crippen LogP contribution in [0, 0.1) is 14.9 Å². The first kappa shape index (κ1) is 14.6. The smallest absolute Gasteiger partial charge is 0.149 e. The molecule has 3 aromatic rings. The molecule has 0 aliphatic rings. The zero-order valence-corrected chi connectivity index (χ0v) is 14.0. The first-order chi connectivity index (χ1) is 10.7. The lowest BCUT2D eigenvalue weighted by Crippen LogP contribution is -1.88. The number of aromatic amines is 1. The Hall–Kier alpha value is -2.33. The van der Waals surface area contributed by atoms with Gasteiger partial charge in [0.15, 0.2) is 0 Å². The summed E-state index contributed by atoms with van der Waals surface area (Å²) in [6.45, 7) is 0. The van der Waals surface area contributed by atoms with Gasteiger partial charge in [-0.25, -0.2) is 4.98 Å². The Balaban J connectivity index is 2.03. The van der Waals surface area contributed by atoms with Crippen molar-refractivity contribution < 1.29 is 4.74 Å². The summed E-state index contributed by atoms with van der Waals surface area (Å²) in [6.07, 6.45) is 1.82. The van der Waals surface area contributed by atoms with Crippen LogP contribution >= 0.6 is 22.6 Å². The quantitative estimate of drug-likeness (QED) is 0.528. The number of nitrogens with zero attached hydrogens (tertiary/aromatic N) is 2. The predicted molar refractivity (Wildman–Crippen MR) is 95.3 cm³/mol. The fourth-order valence-electron chi connectivity index (χ4n) is 2.17. The van der Waals surface area contributed by atoms with Crippen LogP contribution in [0.15, 0.2) is 42.5 Å².